The average molecular weight is 334 g/mol. The molecule has 4 heteroatoms. The Bertz CT molecular complexity index is 740. The molecule has 0 unspecified atom stereocenters. The van der Waals surface area contributed by atoms with E-state index in [9.17, 15) is 4.39 Å². The molecule has 0 N–H and O–H groups in total. The molecule has 0 aromatic heterocycles. The topological polar surface area (TPSA) is 3.24 Å². The fourth-order valence-corrected chi connectivity index (χ4v) is 3.83. The Morgan fingerprint density at radius 1 is 1.14 bits per heavy atom. The molecular weight excluding hydrogens is 317 g/mol. The van der Waals surface area contributed by atoms with Crippen molar-refractivity contribution in [3.63, 3.8) is 0 Å². The van der Waals surface area contributed by atoms with Crippen LogP contribution in [0.25, 0.3) is 5.57 Å². The smallest absolute Gasteiger partial charge is 0.142 e. The first-order valence-electron chi connectivity index (χ1n) is 7.18. The van der Waals surface area contributed by atoms with E-state index in [4.69, 9.17) is 11.6 Å². The van der Waals surface area contributed by atoms with Gasteiger partial charge in [0.25, 0.3) is 0 Å². The molecule has 0 aliphatic carbocycles. The molecule has 2 aromatic carbocycles. The second-order valence-corrected chi connectivity index (χ2v) is 7.06. The summed E-state index contributed by atoms with van der Waals surface area (Å²) in [6.45, 7) is 0.975. The molecule has 1 aliphatic rings. The summed E-state index contributed by atoms with van der Waals surface area (Å²) in [6, 6.07) is 11.5. The zero-order valence-electron chi connectivity index (χ0n) is 12.6. The van der Waals surface area contributed by atoms with Gasteiger partial charge in [-0.25, -0.2) is 4.39 Å². The standard InChI is InChI=1S/C18H17ClFNS/c1-21(2)9-5-7-12-13-6-3-4-8-17(13)22-18-11-16(20)15(19)10-14(12)18/h3-4,6-8,10-11H,5,9H2,1-2H3/b12-7-. The Balaban J connectivity index is 2.09. The largest absolute Gasteiger partial charge is 0.309 e. The Morgan fingerprint density at radius 3 is 2.68 bits per heavy atom. The van der Waals surface area contributed by atoms with Crippen LogP contribution in [0.2, 0.25) is 5.02 Å². The van der Waals surface area contributed by atoms with Gasteiger partial charge in [0.2, 0.25) is 0 Å². The summed E-state index contributed by atoms with van der Waals surface area (Å²) in [5.41, 5.74) is 3.36. The number of hydrogen-bond acceptors (Lipinski definition) is 2. The molecule has 1 heterocycles. The van der Waals surface area contributed by atoms with Crippen molar-refractivity contribution in [2.45, 2.75) is 16.2 Å². The Labute approximate surface area is 139 Å². The highest BCUT2D eigenvalue weighted by Gasteiger charge is 2.22. The molecule has 22 heavy (non-hydrogen) atoms. The third-order valence-corrected chi connectivity index (χ3v) is 5.06. The lowest BCUT2D eigenvalue weighted by molar-refractivity contribution is 0.417. The quantitative estimate of drug-likeness (QED) is 0.637. The first kappa shape index (κ1) is 15.6. The molecule has 0 saturated heterocycles. The molecular formula is C18H17ClFNS. The van der Waals surface area contributed by atoms with Crippen LogP contribution in [0.5, 0.6) is 0 Å². The lowest BCUT2D eigenvalue weighted by Gasteiger charge is -2.23. The van der Waals surface area contributed by atoms with Gasteiger partial charge in [-0.1, -0.05) is 47.6 Å². The van der Waals surface area contributed by atoms with Crippen molar-refractivity contribution < 1.29 is 4.39 Å². The van der Waals surface area contributed by atoms with Gasteiger partial charge in [0.1, 0.15) is 5.82 Å². The number of halogens is 2. The Kier molecular flexibility index (Phi) is 4.57. The van der Waals surface area contributed by atoms with Crippen molar-refractivity contribution in [1.82, 2.24) is 4.90 Å². The van der Waals surface area contributed by atoms with Gasteiger partial charge >= 0.3 is 0 Å². The van der Waals surface area contributed by atoms with E-state index in [1.54, 1.807) is 17.8 Å². The predicted molar refractivity (Wildman–Crippen MR) is 92.2 cm³/mol. The van der Waals surface area contributed by atoms with Gasteiger partial charge in [-0.3, -0.25) is 0 Å². The number of hydrogen-bond donors (Lipinski definition) is 0. The zero-order valence-corrected chi connectivity index (χ0v) is 14.1. The van der Waals surface area contributed by atoms with Gasteiger partial charge in [0.05, 0.1) is 5.02 Å². The first-order valence-corrected chi connectivity index (χ1v) is 8.37. The van der Waals surface area contributed by atoms with Crippen LogP contribution in [-0.2, 0) is 0 Å². The highest BCUT2D eigenvalue weighted by molar-refractivity contribution is 7.99. The highest BCUT2D eigenvalue weighted by Crippen LogP contribution is 2.46. The number of benzene rings is 2. The molecule has 0 saturated carbocycles. The third-order valence-electron chi connectivity index (χ3n) is 3.63. The van der Waals surface area contributed by atoms with Crippen LogP contribution in [-0.4, -0.2) is 25.5 Å². The van der Waals surface area contributed by atoms with E-state index in [1.807, 2.05) is 12.1 Å². The molecule has 1 aliphatic heterocycles. The minimum atomic E-state index is -0.361. The van der Waals surface area contributed by atoms with E-state index < -0.39 is 0 Å². The highest BCUT2D eigenvalue weighted by atomic mass is 35.5. The van der Waals surface area contributed by atoms with E-state index >= 15 is 0 Å². The maximum atomic E-state index is 13.8. The predicted octanol–water partition coefficient (Wildman–Crippen LogP) is 5.33. The van der Waals surface area contributed by atoms with Crippen molar-refractivity contribution in [3.8, 4) is 0 Å². The fraction of sp³-hybridized carbons (Fsp3) is 0.222. The molecule has 0 atom stereocenters. The molecule has 0 spiro atoms. The number of rotatable bonds is 3. The van der Waals surface area contributed by atoms with E-state index in [0.29, 0.717) is 0 Å². The van der Waals surface area contributed by atoms with Gasteiger partial charge in [-0.2, -0.15) is 0 Å². The summed E-state index contributed by atoms with van der Waals surface area (Å²) in [4.78, 5) is 4.24. The van der Waals surface area contributed by atoms with Crippen molar-refractivity contribution >= 4 is 28.9 Å². The second-order valence-electron chi connectivity index (χ2n) is 5.57. The van der Waals surface area contributed by atoms with Crippen LogP contribution >= 0.6 is 23.4 Å². The number of fused-ring (bicyclic) bond motifs is 2. The summed E-state index contributed by atoms with van der Waals surface area (Å²) in [6.07, 6.45) is 3.17. The third kappa shape index (κ3) is 3.07. The van der Waals surface area contributed by atoms with Crippen LogP contribution in [0.1, 0.15) is 17.5 Å². The summed E-state index contributed by atoms with van der Waals surface area (Å²) in [7, 11) is 4.12. The van der Waals surface area contributed by atoms with Crippen molar-refractivity contribution in [1.29, 1.82) is 0 Å². The van der Waals surface area contributed by atoms with E-state index in [0.717, 1.165) is 33.9 Å². The fourth-order valence-electron chi connectivity index (χ4n) is 2.55. The molecule has 0 radical (unpaired) electrons. The van der Waals surface area contributed by atoms with Crippen LogP contribution in [0.3, 0.4) is 0 Å². The Hall–Kier alpha value is -1.29. The van der Waals surface area contributed by atoms with Crippen molar-refractivity contribution in [2.24, 2.45) is 0 Å². The lowest BCUT2D eigenvalue weighted by Crippen LogP contribution is -2.12. The molecule has 3 rings (SSSR count). The van der Waals surface area contributed by atoms with Gasteiger partial charge in [-0.05, 0) is 55.4 Å². The van der Waals surface area contributed by atoms with Crippen LogP contribution in [0, 0.1) is 5.82 Å². The monoisotopic (exact) mass is 333 g/mol. The Morgan fingerprint density at radius 2 is 1.91 bits per heavy atom. The summed E-state index contributed by atoms with van der Waals surface area (Å²) in [5.74, 6) is -0.361. The van der Waals surface area contributed by atoms with Crippen molar-refractivity contribution in [3.05, 3.63) is 64.4 Å². The van der Waals surface area contributed by atoms with Crippen LogP contribution < -0.4 is 0 Å². The van der Waals surface area contributed by atoms with E-state index in [2.05, 4.69) is 37.2 Å². The normalized spacial score (nSPS) is 15.0. The second kappa shape index (κ2) is 6.45. The maximum absolute atomic E-state index is 13.8. The van der Waals surface area contributed by atoms with Gasteiger partial charge in [0.15, 0.2) is 0 Å². The summed E-state index contributed by atoms with van der Waals surface area (Å²) >= 11 is 7.60. The number of nitrogens with zero attached hydrogens (tertiary/aromatic N) is 1. The van der Waals surface area contributed by atoms with E-state index in [1.165, 1.54) is 11.6 Å². The molecule has 0 amide bonds. The summed E-state index contributed by atoms with van der Waals surface area (Å²) in [5, 5.41) is 0.178. The van der Waals surface area contributed by atoms with E-state index in [-0.39, 0.29) is 10.8 Å². The molecule has 2 aromatic rings. The maximum Gasteiger partial charge on any atom is 0.142 e. The molecule has 114 valence electrons. The summed E-state index contributed by atoms with van der Waals surface area (Å²) < 4.78 is 13.8. The van der Waals surface area contributed by atoms with Gasteiger partial charge in [-0.15, -0.1) is 0 Å². The minimum absolute atomic E-state index is 0.178. The molecule has 0 fully saturated rings. The van der Waals surface area contributed by atoms with Crippen molar-refractivity contribution in [2.75, 3.05) is 20.6 Å². The minimum Gasteiger partial charge on any atom is -0.309 e. The van der Waals surface area contributed by atoms with Gasteiger partial charge in [0, 0.05) is 16.3 Å². The first-order chi connectivity index (χ1) is 10.6. The van der Waals surface area contributed by atoms with Gasteiger partial charge < -0.3 is 4.90 Å². The lowest BCUT2D eigenvalue weighted by atomic mass is 9.96. The zero-order chi connectivity index (χ0) is 15.7. The molecule has 0 bridgehead atoms. The van der Waals surface area contributed by atoms with Crippen LogP contribution in [0.4, 0.5) is 4.39 Å². The molecule has 1 nitrogen and oxygen atoms in total. The van der Waals surface area contributed by atoms with Crippen LogP contribution in [0.15, 0.2) is 52.3 Å². The average Bonchev–Trinajstić information content (AvgIpc) is 2.48. The SMILES string of the molecule is CN(C)CC/C=C1/c2ccccc2Sc2cc(F)c(Cl)cc21.